The number of nitrogens with one attached hydrogen (secondary N) is 2. The number of thiol groups is 1. The van der Waals surface area contributed by atoms with Gasteiger partial charge in [0.15, 0.2) is 0 Å². The lowest BCUT2D eigenvalue weighted by Gasteiger charge is -2.23. The number of ether oxygens (including phenoxy) is 1. The minimum Gasteiger partial charge on any atom is -0.493 e. The largest absolute Gasteiger partial charge is 0.493 e. The summed E-state index contributed by atoms with van der Waals surface area (Å²) in [5.41, 5.74) is 9.41. The summed E-state index contributed by atoms with van der Waals surface area (Å²) in [4.78, 5) is 17.6. The van der Waals surface area contributed by atoms with Crippen molar-refractivity contribution in [3.8, 4) is 5.75 Å². The summed E-state index contributed by atoms with van der Waals surface area (Å²) in [5, 5.41) is 7.15. The van der Waals surface area contributed by atoms with Crippen molar-refractivity contribution in [3.63, 3.8) is 0 Å². The third-order valence-electron chi connectivity index (χ3n) is 6.73. The predicted molar refractivity (Wildman–Crippen MR) is 163 cm³/mol. The topological polar surface area (TPSA) is 75.6 Å². The molecule has 0 saturated carbocycles. The maximum Gasteiger partial charge on any atom is 0.252 e. The number of hydrogen-bond donors (Lipinski definition) is 3. The molecule has 1 amide bonds. The van der Waals surface area contributed by atoms with E-state index in [9.17, 15) is 4.79 Å². The van der Waals surface area contributed by atoms with Crippen molar-refractivity contribution in [2.24, 2.45) is 5.10 Å². The van der Waals surface area contributed by atoms with Gasteiger partial charge in [0.05, 0.1) is 18.4 Å². The molecule has 1 heterocycles. The van der Waals surface area contributed by atoms with Crippen LogP contribution in [0.15, 0.2) is 84.0 Å². The standard InChI is InChI=1S/C32H36N4O2S/c1-3-10-28-27-13-9-11-23(2)26(27)16-17-29(28)38-20-8-4-7-19-33-32(37)25-15-18-31(34-21-25)36-35-22-24-12-5-6-14-30(24)39/h3,5-6,12,14-18,21-22,39H,1-2,4,7-11,13,19-20H2,(H,33,37)(H,34,36)/b35-22+. The first-order valence-electron chi connectivity index (χ1n) is 13.4. The fraction of sp³-hybridized carbons (Fsp3) is 0.281. The number of anilines is 1. The molecule has 0 atom stereocenters. The van der Waals surface area contributed by atoms with Crippen LogP contribution in [0.4, 0.5) is 5.82 Å². The second kappa shape index (κ2) is 14.4. The maximum atomic E-state index is 12.5. The number of hydrazone groups is 1. The molecule has 1 aliphatic carbocycles. The highest BCUT2D eigenvalue weighted by atomic mass is 32.1. The summed E-state index contributed by atoms with van der Waals surface area (Å²) in [6, 6.07) is 15.4. The Bertz CT molecular complexity index is 1330. The van der Waals surface area contributed by atoms with E-state index >= 15 is 0 Å². The summed E-state index contributed by atoms with van der Waals surface area (Å²) in [7, 11) is 0. The van der Waals surface area contributed by atoms with Crippen molar-refractivity contribution < 1.29 is 9.53 Å². The van der Waals surface area contributed by atoms with E-state index in [1.165, 1.54) is 22.3 Å². The van der Waals surface area contributed by atoms with Gasteiger partial charge in [-0.1, -0.05) is 36.9 Å². The van der Waals surface area contributed by atoms with E-state index < -0.39 is 0 Å². The van der Waals surface area contributed by atoms with Crippen molar-refractivity contribution in [1.82, 2.24) is 10.3 Å². The van der Waals surface area contributed by atoms with Crippen LogP contribution in [0.1, 0.15) is 64.7 Å². The lowest BCUT2D eigenvalue weighted by Crippen LogP contribution is -2.24. The first kappa shape index (κ1) is 28.2. The Kier molecular flexibility index (Phi) is 10.4. The van der Waals surface area contributed by atoms with Gasteiger partial charge in [-0.05, 0) is 85.9 Å². The highest BCUT2D eigenvalue weighted by molar-refractivity contribution is 7.80. The van der Waals surface area contributed by atoms with E-state index in [1.807, 2.05) is 30.3 Å². The molecule has 6 nitrogen and oxygen atoms in total. The van der Waals surface area contributed by atoms with Gasteiger partial charge in [0.1, 0.15) is 11.6 Å². The lowest BCUT2D eigenvalue weighted by atomic mass is 9.84. The molecule has 2 aromatic carbocycles. The predicted octanol–water partition coefficient (Wildman–Crippen LogP) is 6.87. The molecule has 0 unspecified atom stereocenters. The molecular weight excluding hydrogens is 504 g/mol. The number of benzene rings is 2. The van der Waals surface area contributed by atoms with Gasteiger partial charge in [-0.2, -0.15) is 5.10 Å². The first-order chi connectivity index (χ1) is 19.1. The molecule has 3 aromatic rings. The number of nitrogens with zero attached hydrogens (tertiary/aromatic N) is 2. The SMILES string of the molecule is C=CCc1c(OCCCCCNC(=O)c2ccc(N/N=C/c3ccccc3S)nc2)ccc2c1CCCC2=C. The number of carbonyl (C=O) groups excluding carboxylic acids is 1. The molecule has 7 heteroatoms. The van der Waals surface area contributed by atoms with E-state index in [1.54, 1.807) is 24.5 Å². The molecule has 39 heavy (non-hydrogen) atoms. The fourth-order valence-corrected chi connectivity index (χ4v) is 4.87. The Hall–Kier alpha value is -3.84. The number of fused-ring (bicyclic) bond motifs is 1. The van der Waals surface area contributed by atoms with Gasteiger partial charge in [-0.25, -0.2) is 4.98 Å². The van der Waals surface area contributed by atoms with Crippen LogP contribution in [0.5, 0.6) is 5.75 Å². The smallest absolute Gasteiger partial charge is 0.252 e. The van der Waals surface area contributed by atoms with Crippen LogP contribution in [-0.2, 0) is 12.8 Å². The molecule has 0 fully saturated rings. The molecule has 0 radical (unpaired) electrons. The normalized spacial score (nSPS) is 12.7. The zero-order valence-electron chi connectivity index (χ0n) is 22.3. The number of amides is 1. The first-order valence-corrected chi connectivity index (χ1v) is 13.9. The summed E-state index contributed by atoms with van der Waals surface area (Å²) >= 11 is 4.40. The molecule has 4 rings (SSSR count). The van der Waals surface area contributed by atoms with Gasteiger partial charge in [-0.15, -0.1) is 19.2 Å². The van der Waals surface area contributed by atoms with Gasteiger partial charge in [0.25, 0.3) is 5.91 Å². The number of carbonyl (C=O) groups is 1. The third kappa shape index (κ3) is 7.83. The number of rotatable bonds is 13. The second-order valence-corrected chi connectivity index (χ2v) is 10.0. The molecule has 0 bridgehead atoms. The molecular formula is C32H36N4O2S. The van der Waals surface area contributed by atoms with Crippen LogP contribution in [0.3, 0.4) is 0 Å². The van der Waals surface area contributed by atoms with Crippen molar-refractivity contribution >= 4 is 36.1 Å². The number of pyridine rings is 1. The number of hydrogen-bond acceptors (Lipinski definition) is 6. The van der Waals surface area contributed by atoms with Gasteiger partial charge < -0.3 is 10.1 Å². The summed E-state index contributed by atoms with van der Waals surface area (Å²) in [5.74, 6) is 1.38. The average Bonchev–Trinajstić information content (AvgIpc) is 2.95. The van der Waals surface area contributed by atoms with Crippen molar-refractivity contribution in [1.29, 1.82) is 0 Å². The third-order valence-corrected chi connectivity index (χ3v) is 7.14. The van der Waals surface area contributed by atoms with Gasteiger partial charge in [0, 0.05) is 28.8 Å². The van der Waals surface area contributed by atoms with Crippen molar-refractivity contribution in [2.45, 2.75) is 49.8 Å². The van der Waals surface area contributed by atoms with Crippen LogP contribution in [0.25, 0.3) is 5.57 Å². The molecule has 0 saturated heterocycles. The molecule has 0 spiro atoms. The van der Waals surface area contributed by atoms with E-state index in [4.69, 9.17) is 4.74 Å². The average molecular weight is 541 g/mol. The zero-order valence-corrected chi connectivity index (χ0v) is 23.2. The Balaban J connectivity index is 1.15. The van der Waals surface area contributed by atoms with E-state index in [2.05, 4.69) is 58.7 Å². The number of unbranched alkanes of at least 4 members (excludes halogenated alkanes) is 2. The summed E-state index contributed by atoms with van der Waals surface area (Å²) < 4.78 is 6.17. The van der Waals surface area contributed by atoms with Crippen molar-refractivity contribution in [2.75, 3.05) is 18.6 Å². The number of allylic oxidation sites excluding steroid dienone is 2. The minimum absolute atomic E-state index is 0.137. The van der Waals surface area contributed by atoms with E-state index in [-0.39, 0.29) is 5.91 Å². The summed E-state index contributed by atoms with van der Waals surface area (Å²) in [6.07, 6.45) is 12.0. The zero-order chi connectivity index (χ0) is 27.5. The van der Waals surface area contributed by atoms with Crippen molar-refractivity contribution in [3.05, 3.63) is 102 Å². The molecule has 0 aliphatic heterocycles. The molecule has 1 aliphatic rings. The van der Waals surface area contributed by atoms with Crippen LogP contribution < -0.4 is 15.5 Å². The molecule has 202 valence electrons. The highest BCUT2D eigenvalue weighted by Gasteiger charge is 2.18. The Labute approximate surface area is 236 Å². The van der Waals surface area contributed by atoms with Crippen LogP contribution >= 0.6 is 12.6 Å². The van der Waals surface area contributed by atoms with Crippen LogP contribution in [0, 0.1) is 0 Å². The fourth-order valence-electron chi connectivity index (χ4n) is 4.65. The number of aromatic nitrogens is 1. The van der Waals surface area contributed by atoms with E-state index in [0.717, 1.165) is 61.2 Å². The summed E-state index contributed by atoms with van der Waals surface area (Å²) in [6.45, 7) is 9.43. The van der Waals surface area contributed by atoms with Gasteiger partial charge >= 0.3 is 0 Å². The van der Waals surface area contributed by atoms with E-state index in [0.29, 0.717) is 24.5 Å². The maximum absolute atomic E-state index is 12.5. The van der Waals surface area contributed by atoms with Gasteiger partial charge in [0.2, 0.25) is 0 Å². The minimum atomic E-state index is -0.137. The lowest BCUT2D eigenvalue weighted by molar-refractivity contribution is 0.0952. The van der Waals surface area contributed by atoms with Gasteiger partial charge in [-0.3, -0.25) is 10.2 Å². The second-order valence-electron chi connectivity index (χ2n) is 9.54. The Morgan fingerprint density at radius 1 is 1.10 bits per heavy atom. The highest BCUT2D eigenvalue weighted by Crippen LogP contribution is 2.36. The molecule has 1 aromatic heterocycles. The van der Waals surface area contributed by atoms with Crippen LogP contribution in [0.2, 0.25) is 0 Å². The molecule has 2 N–H and O–H groups in total. The monoisotopic (exact) mass is 540 g/mol. The Morgan fingerprint density at radius 3 is 2.77 bits per heavy atom. The Morgan fingerprint density at radius 2 is 1.97 bits per heavy atom. The van der Waals surface area contributed by atoms with Crippen LogP contribution in [-0.4, -0.2) is 30.3 Å². The quantitative estimate of drug-likeness (QED) is 0.0727.